The molecule has 7 nitrogen and oxygen atoms in total. The van der Waals surface area contributed by atoms with E-state index in [0.29, 0.717) is 50.7 Å². The van der Waals surface area contributed by atoms with Gasteiger partial charge in [-0.25, -0.2) is 4.98 Å². The van der Waals surface area contributed by atoms with E-state index in [2.05, 4.69) is 20.9 Å². The highest BCUT2D eigenvalue weighted by atomic mass is 79.9. The van der Waals surface area contributed by atoms with Crippen LogP contribution in [0, 0.1) is 0 Å². The Morgan fingerprint density at radius 2 is 2.12 bits per heavy atom. The van der Waals surface area contributed by atoms with Gasteiger partial charge in [-0.3, -0.25) is 18.9 Å². The second-order valence-corrected chi connectivity index (χ2v) is 6.74. The van der Waals surface area contributed by atoms with Gasteiger partial charge < -0.3 is 9.64 Å². The maximum absolute atomic E-state index is 12.3. The van der Waals surface area contributed by atoms with Crippen LogP contribution in [0.15, 0.2) is 33.7 Å². The van der Waals surface area contributed by atoms with Crippen molar-refractivity contribution >= 4 is 27.5 Å². The SMILES string of the molecule is CN(CC(=O)N1CCOCC1)Cc1cc(=O)n2cc(Br)ccc2n1. The molecule has 0 radical (unpaired) electrons. The standard InChI is InChI=1S/C16H19BrN4O3/c1-19(11-16(23)20-4-6-24-7-5-20)10-13-8-15(22)21-9-12(17)2-3-14(21)18-13/h2-3,8-9H,4-7,10-11H2,1H3. The van der Waals surface area contributed by atoms with E-state index in [9.17, 15) is 9.59 Å². The molecule has 2 aromatic heterocycles. The van der Waals surface area contributed by atoms with Crippen LogP contribution in [0.3, 0.4) is 0 Å². The number of carbonyl (C=O) groups excluding carboxylic acids is 1. The first-order chi connectivity index (χ1) is 11.5. The zero-order valence-electron chi connectivity index (χ0n) is 13.4. The Morgan fingerprint density at radius 3 is 2.88 bits per heavy atom. The summed E-state index contributed by atoms with van der Waals surface area (Å²) in [5.41, 5.74) is 1.11. The molecule has 0 unspecified atom stereocenters. The highest BCUT2D eigenvalue weighted by Crippen LogP contribution is 2.10. The number of nitrogens with zero attached hydrogens (tertiary/aromatic N) is 4. The molecule has 24 heavy (non-hydrogen) atoms. The van der Waals surface area contributed by atoms with Crippen LogP contribution in [-0.2, 0) is 16.1 Å². The molecule has 0 bridgehead atoms. The average Bonchev–Trinajstić information content (AvgIpc) is 2.56. The number of amides is 1. The minimum Gasteiger partial charge on any atom is -0.378 e. The van der Waals surface area contributed by atoms with Crippen LogP contribution in [0.2, 0.25) is 0 Å². The van der Waals surface area contributed by atoms with Gasteiger partial charge in [0, 0.05) is 36.4 Å². The van der Waals surface area contributed by atoms with E-state index in [1.807, 2.05) is 18.0 Å². The quantitative estimate of drug-likeness (QED) is 0.765. The lowest BCUT2D eigenvalue weighted by Crippen LogP contribution is -2.45. The molecule has 1 aliphatic rings. The largest absolute Gasteiger partial charge is 0.378 e. The topological polar surface area (TPSA) is 67.2 Å². The molecule has 128 valence electrons. The van der Waals surface area contributed by atoms with Crippen LogP contribution >= 0.6 is 15.9 Å². The minimum atomic E-state index is -0.135. The molecule has 0 spiro atoms. The second kappa shape index (κ2) is 7.42. The lowest BCUT2D eigenvalue weighted by Gasteiger charge is -2.28. The summed E-state index contributed by atoms with van der Waals surface area (Å²) in [5, 5.41) is 0. The lowest BCUT2D eigenvalue weighted by molar-refractivity contribution is -0.136. The van der Waals surface area contributed by atoms with E-state index in [0.717, 1.165) is 4.47 Å². The van der Waals surface area contributed by atoms with Gasteiger partial charge in [-0.2, -0.15) is 0 Å². The predicted molar refractivity (Wildman–Crippen MR) is 92.9 cm³/mol. The Hall–Kier alpha value is -1.77. The van der Waals surface area contributed by atoms with E-state index in [1.165, 1.54) is 10.5 Å². The third kappa shape index (κ3) is 4.00. The zero-order chi connectivity index (χ0) is 17.1. The fraction of sp³-hybridized carbons (Fsp3) is 0.438. The second-order valence-electron chi connectivity index (χ2n) is 5.83. The van der Waals surface area contributed by atoms with Crippen LogP contribution < -0.4 is 5.56 Å². The molecule has 1 saturated heterocycles. The van der Waals surface area contributed by atoms with Gasteiger partial charge >= 0.3 is 0 Å². The highest BCUT2D eigenvalue weighted by Gasteiger charge is 2.18. The summed E-state index contributed by atoms with van der Waals surface area (Å²) in [4.78, 5) is 32.6. The number of hydrogen-bond acceptors (Lipinski definition) is 5. The van der Waals surface area contributed by atoms with Gasteiger partial charge in [-0.05, 0) is 35.1 Å². The van der Waals surface area contributed by atoms with E-state index in [4.69, 9.17) is 4.74 Å². The molecule has 0 saturated carbocycles. The van der Waals surface area contributed by atoms with Crippen LogP contribution in [0.1, 0.15) is 5.69 Å². The third-order valence-corrected chi connectivity index (χ3v) is 4.35. The maximum Gasteiger partial charge on any atom is 0.258 e. The Morgan fingerprint density at radius 1 is 1.38 bits per heavy atom. The van der Waals surface area contributed by atoms with Crippen LogP contribution in [0.25, 0.3) is 5.65 Å². The molecule has 0 N–H and O–H groups in total. The summed E-state index contributed by atoms with van der Waals surface area (Å²) in [6, 6.07) is 5.14. The summed E-state index contributed by atoms with van der Waals surface area (Å²) in [6.07, 6.45) is 1.69. The van der Waals surface area contributed by atoms with Crippen molar-refractivity contribution in [2.45, 2.75) is 6.54 Å². The molecular weight excluding hydrogens is 376 g/mol. The Balaban J connectivity index is 1.68. The first kappa shape index (κ1) is 17.1. The van der Waals surface area contributed by atoms with Crippen molar-refractivity contribution in [3.63, 3.8) is 0 Å². The summed E-state index contributed by atoms with van der Waals surface area (Å²) >= 11 is 3.34. The molecule has 3 heterocycles. The molecule has 8 heteroatoms. The van der Waals surface area contributed by atoms with Crippen molar-refractivity contribution in [3.8, 4) is 0 Å². The van der Waals surface area contributed by atoms with Gasteiger partial charge in [-0.1, -0.05) is 0 Å². The van der Waals surface area contributed by atoms with Gasteiger partial charge in [0.2, 0.25) is 5.91 Å². The van der Waals surface area contributed by atoms with Crippen LogP contribution in [0.4, 0.5) is 0 Å². The molecule has 3 rings (SSSR count). The number of rotatable bonds is 4. The van der Waals surface area contributed by atoms with Crippen LogP contribution in [0.5, 0.6) is 0 Å². The highest BCUT2D eigenvalue weighted by molar-refractivity contribution is 9.10. The van der Waals surface area contributed by atoms with Crippen molar-refractivity contribution in [1.82, 2.24) is 19.2 Å². The summed E-state index contributed by atoms with van der Waals surface area (Å²) in [5.74, 6) is 0.0715. The van der Waals surface area contributed by atoms with Crippen molar-refractivity contribution in [2.24, 2.45) is 0 Å². The van der Waals surface area contributed by atoms with E-state index in [-0.39, 0.29) is 11.5 Å². The summed E-state index contributed by atoms with van der Waals surface area (Å²) in [6.45, 7) is 3.19. The summed E-state index contributed by atoms with van der Waals surface area (Å²) in [7, 11) is 1.85. The van der Waals surface area contributed by atoms with Gasteiger partial charge in [0.15, 0.2) is 0 Å². The maximum atomic E-state index is 12.3. The number of ether oxygens (including phenoxy) is 1. The Kier molecular flexibility index (Phi) is 5.27. The van der Waals surface area contributed by atoms with E-state index >= 15 is 0 Å². The van der Waals surface area contributed by atoms with Gasteiger partial charge in [0.25, 0.3) is 5.56 Å². The average molecular weight is 395 g/mol. The number of carbonyl (C=O) groups is 1. The molecule has 1 fully saturated rings. The lowest BCUT2D eigenvalue weighted by atomic mass is 10.3. The van der Waals surface area contributed by atoms with Crippen molar-refractivity contribution in [3.05, 3.63) is 44.9 Å². The third-order valence-electron chi connectivity index (χ3n) is 3.88. The predicted octanol–water partition coefficient (Wildman–Crippen LogP) is 0.748. The number of aromatic nitrogens is 2. The number of morpholine rings is 1. The zero-order valence-corrected chi connectivity index (χ0v) is 15.0. The number of fused-ring (bicyclic) bond motifs is 1. The molecule has 2 aromatic rings. The smallest absolute Gasteiger partial charge is 0.258 e. The number of pyridine rings is 1. The van der Waals surface area contributed by atoms with Gasteiger partial charge in [0.1, 0.15) is 5.65 Å². The fourth-order valence-corrected chi connectivity index (χ4v) is 3.02. The van der Waals surface area contributed by atoms with Crippen molar-refractivity contribution in [2.75, 3.05) is 39.9 Å². The monoisotopic (exact) mass is 394 g/mol. The van der Waals surface area contributed by atoms with Crippen LogP contribution in [-0.4, -0.2) is 65.0 Å². The molecule has 0 aliphatic carbocycles. The van der Waals surface area contributed by atoms with Gasteiger partial charge in [-0.15, -0.1) is 0 Å². The van der Waals surface area contributed by atoms with Crippen molar-refractivity contribution in [1.29, 1.82) is 0 Å². The number of halogens is 1. The Bertz CT molecular complexity index is 801. The molecule has 1 aliphatic heterocycles. The first-order valence-corrected chi connectivity index (χ1v) is 8.54. The first-order valence-electron chi connectivity index (χ1n) is 7.75. The normalized spacial score (nSPS) is 15.2. The molecule has 0 aromatic carbocycles. The van der Waals surface area contributed by atoms with Crippen molar-refractivity contribution < 1.29 is 9.53 Å². The van der Waals surface area contributed by atoms with E-state index < -0.39 is 0 Å². The molecule has 0 atom stereocenters. The molecule has 1 amide bonds. The number of hydrogen-bond donors (Lipinski definition) is 0. The van der Waals surface area contributed by atoms with E-state index in [1.54, 1.807) is 17.2 Å². The fourth-order valence-electron chi connectivity index (χ4n) is 2.68. The number of likely N-dealkylation sites (N-methyl/N-ethyl adjacent to an activating group) is 1. The van der Waals surface area contributed by atoms with Gasteiger partial charge in [0.05, 0.1) is 25.5 Å². The summed E-state index contributed by atoms with van der Waals surface area (Å²) < 4.78 is 7.57. The minimum absolute atomic E-state index is 0.0715. The molecular formula is C16H19BrN4O3. The Labute approximate surface area is 148 Å².